The van der Waals surface area contributed by atoms with Crippen molar-refractivity contribution in [1.29, 1.82) is 0 Å². The molecule has 0 spiro atoms. The minimum atomic E-state index is -0.186. The van der Waals surface area contributed by atoms with Crippen molar-refractivity contribution in [2.75, 3.05) is 0 Å². The van der Waals surface area contributed by atoms with Crippen molar-refractivity contribution in [3.05, 3.63) is 0 Å². The number of aliphatic hydroxyl groups excluding tert-OH is 1. The highest BCUT2D eigenvalue weighted by Crippen LogP contribution is 2.37. The zero-order chi connectivity index (χ0) is 11.7. The SMILES string of the molecule is OC1CCCC1Sc1nnnn1C1CCCC1. The van der Waals surface area contributed by atoms with Crippen LogP contribution in [0.2, 0.25) is 0 Å². The van der Waals surface area contributed by atoms with Gasteiger partial charge in [0.05, 0.1) is 12.1 Å². The van der Waals surface area contributed by atoms with Gasteiger partial charge in [-0.15, -0.1) is 5.10 Å². The van der Waals surface area contributed by atoms with E-state index < -0.39 is 0 Å². The maximum absolute atomic E-state index is 9.85. The molecule has 17 heavy (non-hydrogen) atoms. The van der Waals surface area contributed by atoms with Crippen molar-refractivity contribution in [1.82, 2.24) is 20.2 Å². The maximum atomic E-state index is 9.85. The number of tetrazole rings is 1. The fourth-order valence-corrected chi connectivity index (χ4v) is 4.05. The summed E-state index contributed by atoms with van der Waals surface area (Å²) in [7, 11) is 0. The first kappa shape index (κ1) is 11.5. The molecule has 0 aromatic carbocycles. The molecule has 2 fully saturated rings. The molecule has 2 atom stereocenters. The van der Waals surface area contributed by atoms with Crippen LogP contribution in [0.4, 0.5) is 0 Å². The molecule has 0 aliphatic heterocycles. The Morgan fingerprint density at radius 3 is 2.65 bits per heavy atom. The van der Waals surface area contributed by atoms with E-state index in [1.807, 2.05) is 4.68 Å². The van der Waals surface area contributed by atoms with E-state index in [1.165, 1.54) is 25.7 Å². The molecule has 2 unspecified atom stereocenters. The molecular weight excluding hydrogens is 236 g/mol. The van der Waals surface area contributed by atoms with E-state index in [-0.39, 0.29) is 11.4 Å². The highest BCUT2D eigenvalue weighted by Gasteiger charge is 2.29. The van der Waals surface area contributed by atoms with Crippen molar-refractivity contribution in [3.8, 4) is 0 Å². The minimum absolute atomic E-state index is 0.186. The van der Waals surface area contributed by atoms with Crippen LogP contribution in [-0.2, 0) is 0 Å². The van der Waals surface area contributed by atoms with E-state index in [2.05, 4.69) is 15.5 Å². The molecule has 0 radical (unpaired) electrons. The summed E-state index contributed by atoms with van der Waals surface area (Å²) in [4.78, 5) is 0. The Kier molecular flexibility index (Phi) is 3.33. The summed E-state index contributed by atoms with van der Waals surface area (Å²) in [6.07, 6.45) is 7.85. The molecule has 2 saturated carbocycles. The van der Waals surface area contributed by atoms with Gasteiger partial charge in [0.25, 0.3) is 0 Å². The second-order valence-electron chi connectivity index (χ2n) is 5.00. The summed E-state index contributed by atoms with van der Waals surface area (Å²) in [5, 5.41) is 23.0. The molecule has 0 saturated heterocycles. The van der Waals surface area contributed by atoms with E-state index in [9.17, 15) is 5.11 Å². The zero-order valence-corrected chi connectivity index (χ0v) is 10.6. The van der Waals surface area contributed by atoms with Gasteiger partial charge in [-0.3, -0.25) is 0 Å². The van der Waals surface area contributed by atoms with Crippen LogP contribution in [-0.4, -0.2) is 36.7 Å². The van der Waals surface area contributed by atoms with Crippen LogP contribution in [0.1, 0.15) is 51.0 Å². The van der Waals surface area contributed by atoms with Gasteiger partial charge < -0.3 is 5.11 Å². The first-order chi connectivity index (χ1) is 8.34. The molecule has 1 heterocycles. The lowest BCUT2D eigenvalue weighted by Gasteiger charge is -2.15. The van der Waals surface area contributed by atoms with Crippen LogP contribution in [0.15, 0.2) is 5.16 Å². The van der Waals surface area contributed by atoms with Crippen LogP contribution in [0, 0.1) is 0 Å². The van der Waals surface area contributed by atoms with Crippen molar-refractivity contribution < 1.29 is 5.11 Å². The molecule has 5 nitrogen and oxygen atoms in total. The normalized spacial score (nSPS) is 30.2. The molecular formula is C11H18N4OS. The fourth-order valence-electron chi connectivity index (χ4n) is 2.82. The number of nitrogens with zero attached hydrogens (tertiary/aromatic N) is 4. The molecule has 94 valence electrons. The summed E-state index contributed by atoms with van der Waals surface area (Å²) < 4.78 is 1.97. The molecule has 3 rings (SSSR count). The van der Waals surface area contributed by atoms with Crippen LogP contribution < -0.4 is 0 Å². The Morgan fingerprint density at radius 2 is 1.94 bits per heavy atom. The topological polar surface area (TPSA) is 63.8 Å². The molecule has 2 aliphatic carbocycles. The van der Waals surface area contributed by atoms with Crippen molar-refractivity contribution in [2.24, 2.45) is 0 Å². The summed E-state index contributed by atoms with van der Waals surface area (Å²) in [5.41, 5.74) is 0. The molecule has 0 bridgehead atoms. The second kappa shape index (κ2) is 4.94. The summed E-state index contributed by atoms with van der Waals surface area (Å²) >= 11 is 1.66. The summed E-state index contributed by atoms with van der Waals surface area (Å²) in [6.45, 7) is 0. The van der Waals surface area contributed by atoms with Gasteiger partial charge in [0, 0.05) is 5.25 Å². The largest absolute Gasteiger partial charge is 0.392 e. The van der Waals surface area contributed by atoms with Gasteiger partial charge >= 0.3 is 0 Å². The Morgan fingerprint density at radius 1 is 1.12 bits per heavy atom. The van der Waals surface area contributed by atoms with E-state index in [0.29, 0.717) is 6.04 Å². The van der Waals surface area contributed by atoms with E-state index in [4.69, 9.17) is 0 Å². The average molecular weight is 254 g/mol. The first-order valence-electron chi connectivity index (χ1n) is 6.47. The van der Waals surface area contributed by atoms with Crippen molar-refractivity contribution >= 4 is 11.8 Å². The lowest BCUT2D eigenvalue weighted by molar-refractivity contribution is 0.188. The third kappa shape index (κ3) is 2.33. The van der Waals surface area contributed by atoms with Crippen LogP contribution in [0.5, 0.6) is 0 Å². The van der Waals surface area contributed by atoms with E-state index >= 15 is 0 Å². The number of aromatic nitrogens is 4. The fraction of sp³-hybridized carbons (Fsp3) is 0.909. The predicted molar refractivity (Wildman–Crippen MR) is 64.8 cm³/mol. The van der Waals surface area contributed by atoms with Gasteiger partial charge in [-0.1, -0.05) is 24.6 Å². The van der Waals surface area contributed by atoms with E-state index in [0.717, 1.165) is 24.4 Å². The molecule has 1 aromatic heterocycles. The predicted octanol–water partition coefficient (Wildman–Crippen LogP) is 1.79. The third-order valence-electron chi connectivity index (χ3n) is 3.81. The quantitative estimate of drug-likeness (QED) is 0.891. The number of hydrogen-bond donors (Lipinski definition) is 1. The van der Waals surface area contributed by atoms with Gasteiger partial charge in [-0.25, -0.2) is 4.68 Å². The number of aliphatic hydroxyl groups is 1. The van der Waals surface area contributed by atoms with Crippen LogP contribution in [0.3, 0.4) is 0 Å². The molecule has 1 aromatic rings. The Bertz CT molecular complexity index is 377. The van der Waals surface area contributed by atoms with Gasteiger partial charge in [-0.05, 0) is 42.5 Å². The minimum Gasteiger partial charge on any atom is -0.392 e. The summed E-state index contributed by atoms with van der Waals surface area (Å²) in [6, 6.07) is 0.478. The van der Waals surface area contributed by atoms with Gasteiger partial charge in [0.2, 0.25) is 5.16 Å². The monoisotopic (exact) mass is 254 g/mol. The first-order valence-corrected chi connectivity index (χ1v) is 7.35. The standard InChI is InChI=1S/C11H18N4OS/c16-9-6-3-7-10(9)17-11-12-13-14-15(11)8-4-1-2-5-8/h8-10,16H,1-7H2. The van der Waals surface area contributed by atoms with Gasteiger partial charge in [0.1, 0.15) is 0 Å². The lowest BCUT2D eigenvalue weighted by atomic mass is 10.3. The average Bonchev–Trinajstić information content (AvgIpc) is 3.02. The van der Waals surface area contributed by atoms with E-state index in [1.54, 1.807) is 11.8 Å². The number of hydrogen-bond acceptors (Lipinski definition) is 5. The van der Waals surface area contributed by atoms with Crippen LogP contribution in [0.25, 0.3) is 0 Å². The molecule has 6 heteroatoms. The van der Waals surface area contributed by atoms with Crippen LogP contribution >= 0.6 is 11.8 Å². The molecule has 2 aliphatic rings. The Hall–Kier alpha value is -0.620. The highest BCUT2D eigenvalue weighted by atomic mass is 32.2. The van der Waals surface area contributed by atoms with Crippen molar-refractivity contribution in [2.45, 2.75) is 67.5 Å². The summed E-state index contributed by atoms with van der Waals surface area (Å²) in [5.74, 6) is 0. The highest BCUT2D eigenvalue weighted by molar-refractivity contribution is 7.99. The molecule has 1 N–H and O–H groups in total. The Labute approximate surface area is 105 Å². The second-order valence-corrected chi connectivity index (χ2v) is 6.21. The maximum Gasteiger partial charge on any atom is 0.209 e. The Balaban J connectivity index is 1.72. The van der Waals surface area contributed by atoms with Gasteiger partial charge in [0.15, 0.2) is 0 Å². The van der Waals surface area contributed by atoms with Crippen molar-refractivity contribution in [3.63, 3.8) is 0 Å². The smallest absolute Gasteiger partial charge is 0.209 e. The van der Waals surface area contributed by atoms with Gasteiger partial charge in [-0.2, -0.15) is 0 Å². The zero-order valence-electron chi connectivity index (χ0n) is 9.83. The number of rotatable bonds is 3. The lowest BCUT2D eigenvalue weighted by Crippen LogP contribution is -2.17. The number of thioether (sulfide) groups is 1. The third-order valence-corrected chi connectivity index (χ3v) is 5.14. The molecule has 0 amide bonds.